The van der Waals surface area contributed by atoms with Crippen LogP contribution in [0, 0.1) is 0 Å². The second-order valence-electron chi connectivity index (χ2n) is 8.08. The standard InChI is InChI=1S/C24H29N3O4/c1-16-14-27(15-17(2)31-16)10-11-30-20-8-9-21(23(28)12-20)24-22(13-25-26-24)18-4-6-19(29-3)7-5-18/h4-9,12-13,16-17,28H,10-11,14-15H2,1-3H3,(H,25,26)/p+1/t16-,17+. The number of rotatable bonds is 7. The molecule has 1 saturated heterocycles. The Kier molecular flexibility index (Phi) is 6.44. The number of benzene rings is 2. The SMILES string of the molecule is COc1ccc(-c2cn[nH]c2-c2ccc(OCC[NH+]3C[C@@H](C)O[C@@H](C)C3)cc2O)cc1. The second-order valence-corrected chi connectivity index (χ2v) is 8.08. The van der Waals surface area contributed by atoms with Crippen molar-refractivity contribution in [2.24, 2.45) is 0 Å². The van der Waals surface area contributed by atoms with Gasteiger partial charge in [-0.25, -0.2) is 0 Å². The number of nitrogens with zero attached hydrogens (tertiary/aromatic N) is 1. The second kappa shape index (κ2) is 9.41. The maximum Gasteiger partial charge on any atom is 0.137 e. The van der Waals surface area contributed by atoms with E-state index in [-0.39, 0.29) is 18.0 Å². The number of ether oxygens (including phenoxy) is 3. The van der Waals surface area contributed by atoms with Gasteiger partial charge < -0.3 is 24.2 Å². The molecule has 3 aromatic rings. The van der Waals surface area contributed by atoms with Crippen molar-refractivity contribution in [2.75, 3.05) is 33.4 Å². The highest BCUT2D eigenvalue weighted by Gasteiger charge is 2.25. The summed E-state index contributed by atoms with van der Waals surface area (Å²) in [4.78, 5) is 1.48. The van der Waals surface area contributed by atoms with Gasteiger partial charge in [0.25, 0.3) is 0 Å². The van der Waals surface area contributed by atoms with E-state index >= 15 is 0 Å². The van der Waals surface area contributed by atoms with Crippen molar-refractivity contribution in [1.29, 1.82) is 0 Å². The van der Waals surface area contributed by atoms with E-state index in [4.69, 9.17) is 14.2 Å². The molecule has 1 fully saturated rings. The number of phenols is 1. The first-order chi connectivity index (χ1) is 15.0. The van der Waals surface area contributed by atoms with Gasteiger partial charge in [0.1, 0.15) is 55.7 Å². The molecule has 7 heteroatoms. The first kappa shape index (κ1) is 21.2. The summed E-state index contributed by atoms with van der Waals surface area (Å²) in [6, 6.07) is 13.1. The lowest BCUT2D eigenvalue weighted by Crippen LogP contribution is -3.16. The molecule has 4 rings (SSSR count). The molecule has 1 unspecified atom stereocenters. The van der Waals surface area contributed by atoms with E-state index in [2.05, 4.69) is 24.0 Å². The average Bonchev–Trinajstić information content (AvgIpc) is 3.23. The third-order valence-electron chi connectivity index (χ3n) is 5.62. The third-order valence-corrected chi connectivity index (χ3v) is 5.62. The molecule has 164 valence electrons. The minimum atomic E-state index is 0.150. The lowest BCUT2D eigenvalue weighted by Gasteiger charge is -2.32. The molecule has 0 aliphatic carbocycles. The van der Waals surface area contributed by atoms with Gasteiger partial charge in [-0.15, -0.1) is 0 Å². The molecule has 0 bridgehead atoms. The van der Waals surface area contributed by atoms with E-state index in [1.165, 1.54) is 4.90 Å². The van der Waals surface area contributed by atoms with Crippen LogP contribution in [0.4, 0.5) is 0 Å². The average molecular weight is 425 g/mol. The number of aromatic nitrogens is 2. The smallest absolute Gasteiger partial charge is 0.137 e. The zero-order chi connectivity index (χ0) is 21.8. The minimum Gasteiger partial charge on any atom is -0.507 e. The van der Waals surface area contributed by atoms with Crippen LogP contribution in [0.2, 0.25) is 0 Å². The molecule has 0 amide bonds. The van der Waals surface area contributed by atoms with Crippen LogP contribution < -0.4 is 14.4 Å². The third kappa shape index (κ3) is 5.00. The molecule has 0 radical (unpaired) electrons. The van der Waals surface area contributed by atoms with Crippen LogP contribution in [0.3, 0.4) is 0 Å². The van der Waals surface area contributed by atoms with Crippen LogP contribution >= 0.6 is 0 Å². The van der Waals surface area contributed by atoms with Crippen molar-refractivity contribution in [3.05, 3.63) is 48.7 Å². The van der Waals surface area contributed by atoms with Gasteiger partial charge in [-0.1, -0.05) is 12.1 Å². The van der Waals surface area contributed by atoms with Gasteiger partial charge in [0.15, 0.2) is 0 Å². The largest absolute Gasteiger partial charge is 0.507 e. The highest BCUT2D eigenvalue weighted by Crippen LogP contribution is 2.37. The van der Waals surface area contributed by atoms with Gasteiger partial charge in [0, 0.05) is 17.2 Å². The van der Waals surface area contributed by atoms with Gasteiger partial charge in [-0.2, -0.15) is 5.10 Å². The lowest BCUT2D eigenvalue weighted by molar-refractivity contribution is -0.915. The van der Waals surface area contributed by atoms with Crippen molar-refractivity contribution in [1.82, 2.24) is 10.2 Å². The summed E-state index contributed by atoms with van der Waals surface area (Å²) in [6.07, 6.45) is 2.31. The fraction of sp³-hybridized carbons (Fsp3) is 0.375. The molecule has 7 nitrogen and oxygen atoms in total. The molecule has 1 aliphatic heterocycles. The van der Waals surface area contributed by atoms with Gasteiger partial charge in [-0.05, 0) is 43.7 Å². The van der Waals surface area contributed by atoms with Crippen LogP contribution in [0.15, 0.2) is 48.7 Å². The molecule has 3 atom stereocenters. The van der Waals surface area contributed by atoms with Gasteiger partial charge >= 0.3 is 0 Å². The first-order valence-electron chi connectivity index (χ1n) is 10.7. The number of aromatic hydroxyl groups is 1. The zero-order valence-corrected chi connectivity index (χ0v) is 18.2. The zero-order valence-electron chi connectivity index (χ0n) is 18.2. The summed E-state index contributed by atoms with van der Waals surface area (Å²) in [5.74, 6) is 1.60. The predicted molar refractivity (Wildman–Crippen MR) is 119 cm³/mol. The van der Waals surface area contributed by atoms with E-state index in [1.54, 1.807) is 19.4 Å². The highest BCUT2D eigenvalue weighted by atomic mass is 16.5. The van der Waals surface area contributed by atoms with Crippen LogP contribution in [-0.2, 0) is 4.74 Å². The molecule has 31 heavy (non-hydrogen) atoms. The first-order valence-corrected chi connectivity index (χ1v) is 10.7. The molecular weight excluding hydrogens is 394 g/mol. The molecule has 0 saturated carbocycles. The number of hydrogen-bond donors (Lipinski definition) is 3. The van der Waals surface area contributed by atoms with Crippen molar-refractivity contribution < 1.29 is 24.2 Å². The van der Waals surface area contributed by atoms with E-state index in [0.29, 0.717) is 17.9 Å². The van der Waals surface area contributed by atoms with E-state index < -0.39 is 0 Å². The van der Waals surface area contributed by atoms with E-state index in [0.717, 1.165) is 42.2 Å². The molecule has 0 spiro atoms. The van der Waals surface area contributed by atoms with Crippen molar-refractivity contribution in [2.45, 2.75) is 26.1 Å². The van der Waals surface area contributed by atoms with Gasteiger partial charge in [0.05, 0.1) is 19.0 Å². The molecule has 2 aromatic carbocycles. The minimum absolute atomic E-state index is 0.150. The van der Waals surface area contributed by atoms with Crippen LogP contribution in [0.5, 0.6) is 17.2 Å². The Hall–Kier alpha value is -3.03. The van der Waals surface area contributed by atoms with Gasteiger partial charge in [0.2, 0.25) is 0 Å². The summed E-state index contributed by atoms with van der Waals surface area (Å²) in [6.45, 7) is 7.71. The van der Waals surface area contributed by atoms with Crippen molar-refractivity contribution in [3.8, 4) is 39.6 Å². The topological polar surface area (TPSA) is 81.0 Å². The fourth-order valence-corrected chi connectivity index (χ4v) is 4.20. The predicted octanol–water partition coefficient (Wildman–Crippen LogP) is 2.53. The maximum atomic E-state index is 10.7. The van der Waals surface area contributed by atoms with Crippen molar-refractivity contribution >= 4 is 0 Å². The number of hydrogen-bond acceptors (Lipinski definition) is 5. The number of nitrogens with one attached hydrogen (secondary N) is 2. The normalized spacial score (nSPS) is 21.1. The number of aromatic amines is 1. The highest BCUT2D eigenvalue weighted by molar-refractivity contribution is 5.83. The fourth-order valence-electron chi connectivity index (χ4n) is 4.20. The Bertz CT molecular complexity index is 992. The van der Waals surface area contributed by atoms with Crippen molar-refractivity contribution in [3.63, 3.8) is 0 Å². The van der Waals surface area contributed by atoms with Crippen LogP contribution in [0.25, 0.3) is 22.4 Å². The maximum absolute atomic E-state index is 10.7. The Morgan fingerprint density at radius 1 is 1.06 bits per heavy atom. The number of phenolic OH excluding ortho intramolecular Hbond substituents is 1. The molecule has 1 aromatic heterocycles. The summed E-state index contributed by atoms with van der Waals surface area (Å²) >= 11 is 0. The Morgan fingerprint density at radius 3 is 2.45 bits per heavy atom. The Balaban J connectivity index is 1.43. The molecule has 2 heterocycles. The van der Waals surface area contributed by atoms with Crippen LogP contribution in [-0.4, -0.2) is 60.9 Å². The Morgan fingerprint density at radius 2 is 1.77 bits per heavy atom. The molecule has 1 aliphatic rings. The van der Waals surface area contributed by atoms with E-state index in [1.807, 2.05) is 36.4 Å². The monoisotopic (exact) mass is 424 g/mol. The summed E-state index contributed by atoms with van der Waals surface area (Å²) < 4.78 is 16.9. The molecular formula is C24H30N3O4+. The summed E-state index contributed by atoms with van der Waals surface area (Å²) in [7, 11) is 1.64. The quantitative estimate of drug-likeness (QED) is 0.543. The van der Waals surface area contributed by atoms with Crippen LogP contribution in [0.1, 0.15) is 13.8 Å². The number of quaternary nitrogens is 1. The number of morpholine rings is 1. The lowest BCUT2D eigenvalue weighted by atomic mass is 10.0. The van der Waals surface area contributed by atoms with Gasteiger partial charge in [-0.3, -0.25) is 5.10 Å². The summed E-state index contributed by atoms with van der Waals surface area (Å²) in [5.41, 5.74) is 3.33. The summed E-state index contributed by atoms with van der Waals surface area (Å²) in [5, 5.41) is 17.9. The van der Waals surface area contributed by atoms with E-state index in [9.17, 15) is 5.11 Å². The molecule has 3 N–H and O–H groups in total. The Labute approximate surface area is 182 Å². The number of methoxy groups -OCH3 is 1. The number of H-pyrrole nitrogens is 1.